The Kier molecular flexibility index (Phi) is 3.90. The van der Waals surface area contributed by atoms with Gasteiger partial charge in [0.05, 0.1) is 0 Å². The van der Waals surface area contributed by atoms with Crippen molar-refractivity contribution < 1.29 is 9.90 Å². The van der Waals surface area contributed by atoms with Gasteiger partial charge in [-0.3, -0.25) is 4.79 Å². The average molecular weight is 222 g/mol. The molecule has 16 heavy (non-hydrogen) atoms. The highest BCUT2D eigenvalue weighted by molar-refractivity contribution is 5.74. The summed E-state index contributed by atoms with van der Waals surface area (Å²) >= 11 is 0. The number of hydrogen-bond donors (Lipinski definition) is 3. The van der Waals surface area contributed by atoms with E-state index in [9.17, 15) is 4.79 Å². The van der Waals surface area contributed by atoms with Crippen LogP contribution in [0.25, 0.3) is 0 Å². The molecule has 1 aromatic rings. The topological polar surface area (TPSA) is 75.3 Å². The van der Waals surface area contributed by atoms with Crippen molar-refractivity contribution in [3.63, 3.8) is 0 Å². The first kappa shape index (κ1) is 12.5. The van der Waals surface area contributed by atoms with Crippen molar-refractivity contribution >= 4 is 11.7 Å². The second kappa shape index (κ2) is 4.99. The molecule has 4 N–H and O–H groups in total. The zero-order valence-electron chi connectivity index (χ0n) is 9.87. The Morgan fingerprint density at radius 2 is 2.00 bits per heavy atom. The standard InChI is InChI=1S/C12H18N2O2/c1-7-4-5-11(9(3)8(7)2)14-6-10(13)12(15)16/h4-5,10,14H,6,13H2,1-3H3,(H,15,16). The monoisotopic (exact) mass is 222 g/mol. The maximum absolute atomic E-state index is 10.6. The molecule has 0 saturated heterocycles. The van der Waals surface area contributed by atoms with Gasteiger partial charge in [-0.15, -0.1) is 0 Å². The second-order valence-corrected chi connectivity index (χ2v) is 4.01. The van der Waals surface area contributed by atoms with Gasteiger partial charge in [0.25, 0.3) is 0 Å². The molecule has 4 nitrogen and oxygen atoms in total. The molecule has 0 aliphatic rings. The van der Waals surface area contributed by atoms with Crippen LogP contribution in [0.15, 0.2) is 12.1 Å². The van der Waals surface area contributed by atoms with Gasteiger partial charge in [-0.05, 0) is 43.5 Å². The Morgan fingerprint density at radius 1 is 1.38 bits per heavy atom. The molecule has 0 spiro atoms. The van der Waals surface area contributed by atoms with Gasteiger partial charge in [0.1, 0.15) is 6.04 Å². The maximum atomic E-state index is 10.6. The quantitative estimate of drug-likeness (QED) is 0.720. The van der Waals surface area contributed by atoms with E-state index in [4.69, 9.17) is 10.8 Å². The van der Waals surface area contributed by atoms with Crippen molar-refractivity contribution in [2.45, 2.75) is 26.8 Å². The minimum absolute atomic E-state index is 0.235. The number of aliphatic carboxylic acids is 1. The third-order valence-corrected chi connectivity index (χ3v) is 2.89. The largest absolute Gasteiger partial charge is 0.480 e. The Bertz CT molecular complexity index is 402. The van der Waals surface area contributed by atoms with Crippen LogP contribution in [0.4, 0.5) is 5.69 Å². The van der Waals surface area contributed by atoms with Gasteiger partial charge in [0.15, 0.2) is 0 Å². The fourth-order valence-corrected chi connectivity index (χ4v) is 1.45. The summed E-state index contributed by atoms with van der Waals surface area (Å²) in [5.74, 6) is -0.992. The van der Waals surface area contributed by atoms with Crippen LogP contribution in [0.2, 0.25) is 0 Å². The molecule has 0 aliphatic carbocycles. The second-order valence-electron chi connectivity index (χ2n) is 4.01. The van der Waals surface area contributed by atoms with Gasteiger partial charge in [-0.25, -0.2) is 0 Å². The van der Waals surface area contributed by atoms with E-state index in [0.29, 0.717) is 0 Å². The highest BCUT2D eigenvalue weighted by Gasteiger charge is 2.11. The molecular weight excluding hydrogens is 204 g/mol. The first-order chi connectivity index (χ1) is 7.43. The molecule has 0 radical (unpaired) electrons. The predicted molar refractivity (Wildman–Crippen MR) is 64.8 cm³/mol. The zero-order valence-corrected chi connectivity index (χ0v) is 9.87. The molecule has 0 fully saturated rings. The molecule has 1 atom stereocenters. The summed E-state index contributed by atoms with van der Waals surface area (Å²) in [5, 5.41) is 11.7. The molecule has 0 saturated carbocycles. The van der Waals surface area contributed by atoms with Crippen LogP contribution in [0.1, 0.15) is 16.7 Å². The Hall–Kier alpha value is -1.55. The highest BCUT2D eigenvalue weighted by Crippen LogP contribution is 2.21. The zero-order chi connectivity index (χ0) is 12.3. The predicted octanol–water partition coefficient (Wildman–Crippen LogP) is 1.44. The van der Waals surface area contributed by atoms with Gasteiger partial charge in [0, 0.05) is 12.2 Å². The van der Waals surface area contributed by atoms with E-state index in [0.717, 1.165) is 11.3 Å². The van der Waals surface area contributed by atoms with Crippen molar-refractivity contribution in [2.24, 2.45) is 5.73 Å². The first-order valence-corrected chi connectivity index (χ1v) is 5.22. The van der Waals surface area contributed by atoms with Gasteiger partial charge < -0.3 is 16.2 Å². The van der Waals surface area contributed by atoms with E-state index >= 15 is 0 Å². The molecule has 0 heterocycles. The summed E-state index contributed by atoms with van der Waals surface area (Å²) < 4.78 is 0. The average Bonchev–Trinajstić information content (AvgIpc) is 2.24. The van der Waals surface area contributed by atoms with Crippen LogP contribution in [0, 0.1) is 20.8 Å². The lowest BCUT2D eigenvalue weighted by molar-refractivity contribution is -0.138. The minimum Gasteiger partial charge on any atom is -0.480 e. The summed E-state index contributed by atoms with van der Waals surface area (Å²) in [5.41, 5.74) is 9.95. The van der Waals surface area contributed by atoms with Crippen LogP contribution >= 0.6 is 0 Å². The van der Waals surface area contributed by atoms with Crippen molar-refractivity contribution in [1.29, 1.82) is 0 Å². The number of carbonyl (C=O) groups is 1. The molecule has 1 rings (SSSR count). The molecule has 0 aromatic heterocycles. The number of hydrogen-bond acceptors (Lipinski definition) is 3. The van der Waals surface area contributed by atoms with Crippen LogP contribution in [0.5, 0.6) is 0 Å². The van der Waals surface area contributed by atoms with Crippen molar-refractivity contribution in [1.82, 2.24) is 0 Å². The number of benzene rings is 1. The maximum Gasteiger partial charge on any atom is 0.322 e. The fraction of sp³-hybridized carbons (Fsp3) is 0.417. The van der Waals surface area contributed by atoms with E-state index in [1.54, 1.807) is 0 Å². The van der Waals surface area contributed by atoms with Crippen molar-refractivity contribution in [3.8, 4) is 0 Å². The highest BCUT2D eigenvalue weighted by atomic mass is 16.4. The molecule has 0 bridgehead atoms. The SMILES string of the molecule is Cc1ccc(NCC(N)C(=O)O)c(C)c1C. The van der Waals surface area contributed by atoms with E-state index in [1.807, 2.05) is 26.0 Å². The number of rotatable bonds is 4. The third kappa shape index (κ3) is 2.73. The van der Waals surface area contributed by atoms with Gasteiger partial charge in [0.2, 0.25) is 0 Å². The summed E-state index contributed by atoms with van der Waals surface area (Å²) in [4.78, 5) is 10.6. The lowest BCUT2D eigenvalue weighted by Crippen LogP contribution is -2.37. The molecule has 4 heteroatoms. The minimum atomic E-state index is -0.992. The number of aryl methyl sites for hydroxylation is 1. The van der Waals surface area contributed by atoms with Crippen LogP contribution in [-0.2, 0) is 4.79 Å². The Balaban J connectivity index is 2.75. The van der Waals surface area contributed by atoms with Crippen molar-refractivity contribution in [2.75, 3.05) is 11.9 Å². The normalized spacial score (nSPS) is 12.2. The third-order valence-electron chi connectivity index (χ3n) is 2.89. The number of nitrogens with two attached hydrogens (primary N) is 1. The molecule has 1 aromatic carbocycles. The summed E-state index contributed by atoms with van der Waals surface area (Å²) in [6.45, 7) is 6.34. The van der Waals surface area contributed by atoms with E-state index in [-0.39, 0.29) is 6.54 Å². The molecule has 0 amide bonds. The van der Waals surface area contributed by atoms with E-state index in [1.165, 1.54) is 11.1 Å². The van der Waals surface area contributed by atoms with E-state index in [2.05, 4.69) is 12.2 Å². The summed E-state index contributed by atoms with van der Waals surface area (Å²) in [6, 6.07) is 3.09. The number of nitrogens with one attached hydrogen (secondary N) is 1. The molecule has 0 aliphatic heterocycles. The molecular formula is C12H18N2O2. The molecule has 1 unspecified atom stereocenters. The number of anilines is 1. The number of carboxylic acid groups (broad SMARTS) is 1. The summed E-state index contributed by atoms with van der Waals surface area (Å²) in [6.07, 6.45) is 0. The first-order valence-electron chi connectivity index (χ1n) is 5.22. The van der Waals surface area contributed by atoms with Gasteiger partial charge in [-0.1, -0.05) is 6.07 Å². The fourth-order valence-electron chi connectivity index (χ4n) is 1.45. The Labute approximate surface area is 95.5 Å². The lowest BCUT2D eigenvalue weighted by Gasteiger charge is -2.14. The van der Waals surface area contributed by atoms with Crippen molar-refractivity contribution in [3.05, 3.63) is 28.8 Å². The number of carboxylic acids is 1. The van der Waals surface area contributed by atoms with Gasteiger partial charge >= 0.3 is 5.97 Å². The smallest absolute Gasteiger partial charge is 0.322 e. The molecule has 88 valence electrons. The van der Waals surface area contributed by atoms with E-state index < -0.39 is 12.0 Å². The Morgan fingerprint density at radius 3 is 2.56 bits per heavy atom. The van der Waals surface area contributed by atoms with Gasteiger partial charge in [-0.2, -0.15) is 0 Å². The van der Waals surface area contributed by atoms with Crippen LogP contribution < -0.4 is 11.1 Å². The summed E-state index contributed by atoms with van der Waals surface area (Å²) in [7, 11) is 0. The van der Waals surface area contributed by atoms with Crippen LogP contribution in [0.3, 0.4) is 0 Å². The lowest BCUT2D eigenvalue weighted by atomic mass is 10.0. The van der Waals surface area contributed by atoms with Crippen LogP contribution in [-0.4, -0.2) is 23.7 Å².